The van der Waals surface area contributed by atoms with E-state index in [1.807, 2.05) is 24.3 Å². The molecule has 0 radical (unpaired) electrons. The lowest BCUT2D eigenvalue weighted by Crippen LogP contribution is -2.18. The summed E-state index contributed by atoms with van der Waals surface area (Å²) in [4.78, 5) is 22.6. The number of ether oxygens (including phenoxy) is 1. The van der Waals surface area contributed by atoms with Gasteiger partial charge in [-0.15, -0.1) is 0 Å². The van der Waals surface area contributed by atoms with Crippen LogP contribution in [0.15, 0.2) is 59.7 Å². The Labute approximate surface area is 172 Å². The summed E-state index contributed by atoms with van der Waals surface area (Å²) in [7, 11) is 0. The average molecular weight is 407 g/mol. The lowest BCUT2D eigenvalue weighted by molar-refractivity contribution is -0.384. The predicted molar refractivity (Wildman–Crippen MR) is 113 cm³/mol. The molecule has 0 saturated heterocycles. The maximum atomic E-state index is 12.3. The van der Waals surface area contributed by atoms with Crippen LogP contribution in [-0.4, -0.2) is 33.8 Å². The molecule has 0 aliphatic carbocycles. The molecule has 1 heterocycles. The minimum atomic E-state index is -0.494. The Morgan fingerprint density at radius 3 is 2.90 bits per heavy atom. The zero-order chi connectivity index (χ0) is 21.3. The van der Waals surface area contributed by atoms with Crippen molar-refractivity contribution in [2.24, 2.45) is 5.10 Å². The third-order valence-corrected chi connectivity index (χ3v) is 4.20. The van der Waals surface area contributed by atoms with E-state index in [0.29, 0.717) is 23.6 Å². The SMILES string of the molecule is CCCCOc1ccccc1-c1cc(C(=O)N/N=C/c2cccc([N+](=O)[O-])c2)[nH]n1. The number of para-hydroxylation sites is 1. The molecule has 1 amide bonds. The second-order valence-electron chi connectivity index (χ2n) is 6.42. The van der Waals surface area contributed by atoms with Crippen LogP contribution < -0.4 is 10.2 Å². The molecule has 0 unspecified atom stereocenters. The van der Waals surface area contributed by atoms with Crippen molar-refractivity contribution in [1.82, 2.24) is 15.6 Å². The molecule has 0 aliphatic rings. The number of aromatic nitrogens is 2. The number of carbonyl (C=O) groups excluding carboxylic acids is 1. The van der Waals surface area contributed by atoms with Gasteiger partial charge in [-0.1, -0.05) is 37.6 Å². The molecule has 0 bridgehead atoms. The number of unbranched alkanes of at least 4 members (excludes halogenated alkanes) is 1. The zero-order valence-corrected chi connectivity index (χ0v) is 16.4. The fourth-order valence-electron chi connectivity index (χ4n) is 2.65. The van der Waals surface area contributed by atoms with Crippen LogP contribution in [0.5, 0.6) is 5.75 Å². The van der Waals surface area contributed by atoms with E-state index in [9.17, 15) is 14.9 Å². The second kappa shape index (κ2) is 9.97. The van der Waals surface area contributed by atoms with Gasteiger partial charge in [0.1, 0.15) is 11.4 Å². The third kappa shape index (κ3) is 5.28. The highest BCUT2D eigenvalue weighted by molar-refractivity contribution is 5.94. The highest BCUT2D eigenvalue weighted by atomic mass is 16.6. The first kappa shape index (κ1) is 20.7. The number of hydrogen-bond donors (Lipinski definition) is 2. The lowest BCUT2D eigenvalue weighted by atomic mass is 10.1. The van der Waals surface area contributed by atoms with Crippen molar-refractivity contribution < 1.29 is 14.5 Å². The summed E-state index contributed by atoms with van der Waals surface area (Å²) in [6.45, 7) is 2.70. The molecular weight excluding hydrogens is 386 g/mol. The van der Waals surface area contributed by atoms with Crippen LogP contribution in [0, 0.1) is 10.1 Å². The number of benzene rings is 2. The van der Waals surface area contributed by atoms with Crippen LogP contribution in [0.25, 0.3) is 11.3 Å². The molecule has 2 N–H and O–H groups in total. The topological polar surface area (TPSA) is 123 Å². The molecule has 2 aromatic carbocycles. The van der Waals surface area contributed by atoms with E-state index in [1.165, 1.54) is 18.3 Å². The quantitative estimate of drug-likeness (QED) is 0.241. The average Bonchev–Trinajstić information content (AvgIpc) is 3.25. The fraction of sp³-hybridized carbons (Fsp3) is 0.190. The van der Waals surface area contributed by atoms with E-state index < -0.39 is 10.8 Å². The first-order chi connectivity index (χ1) is 14.6. The third-order valence-electron chi connectivity index (χ3n) is 4.20. The molecule has 3 rings (SSSR count). The summed E-state index contributed by atoms with van der Waals surface area (Å²) in [5, 5.41) is 21.5. The Morgan fingerprint density at radius 2 is 2.10 bits per heavy atom. The molecule has 0 aliphatic heterocycles. The van der Waals surface area contributed by atoms with E-state index in [-0.39, 0.29) is 11.4 Å². The second-order valence-corrected chi connectivity index (χ2v) is 6.42. The van der Waals surface area contributed by atoms with Crippen molar-refractivity contribution in [3.05, 3.63) is 76.0 Å². The Hall–Kier alpha value is -4.01. The molecule has 30 heavy (non-hydrogen) atoms. The summed E-state index contributed by atoms with van der Waals surface area (Å²) in [6, 6.07) is 15.0. The highest BCUT2D eigenvalue weighted by Gasteiger charge is 2.13. The smallest absolute Gasteiger partial charge is 0.289 e. The maximum Gasteiger partial charge on any atom is 0.289 e. The van der Waals surface area contributed by atoms with Crippen LogP contribution in [-0.2, 0) is 0 Å². The molecule has 154 valence electrons. The molecule has 9 nitrogen and oxygen atoms in total. The lowest BCUT2D eigenvalue weighted by Gasteiger charge is -2.09. The van der Waals surface area contributed by atoms with Crippen LogP contribution in [0.1, 0.15) is 35.8 Å². The Bertz CT molecular complexity index is 1060. The van der Waals surface area contributed by atoms with Gasteiger partial charge in [-0.3, -0.25) is 20.0 Å². The monoisotopic (exact) mass is 407 g/mol. The van der Waals surface area contributed by atoms with Gasteiger partial charge >= 0.3 is 0 Å². The number of H-pyrrole nitrogens is 1. The van der Waals surface area contributed by atoms with Gasteiger partial charge in [0.2, 0.25) is 0 Å². The van der Waals surface area contributed by atoms with Gasteiger partial charge in [0.15, 0.2) is 0 Å². The van der Waals surface area contributed by atoms with E-state index in [1.54, 1.807) is 18.2 Å². The Morgan fingerprint density at radius 1 is 1.27 bits per heavy atom. The molecule has 0 atom stereocenters. The van der Waals surface area contributed by atoms with Gasteiger partial charge in [-0.25, -0.2) is 5.43 Å². The summed E-state index contributed by atoms with van der Waals surface area (Å²) in [5.74, 6) is 0.216. The molecule has 3 aromatic rings. The summed E-state index contributed by atoms with van der Waals surface area (Å²) in [5.41, 5.74) is 4.40. The highest BCUT2D eigenvalue weighted by Crippen LogP contribution is 2.28. The molecule has 9 heteroatoms. The molecular formula is C21H21N5O4. The number of amides is 1. The van der Waals surface area contributed by atoms with E-state index in [4.69, 9.17) is 4.74 Å². The fourth-order valence-corrected chi connectivity index (χ4v) is 2.65. The zero-order valence-electron chi connectivity index (χ0n) is 16.4. The van der Waals surface area contributed by atoms with Crippen molar-refractivity contribution in [2.45, 2.75) is 19.8 Å². The van der Waals surface area contributed by atoms with Crippen LogP contribution in [0.4, 0.5) is 5.69 Å². The normalized spacial score (nSPS) is 10.8. The number of nitro benzene ring substituents is 1. The van der Waals surface area contributed by atoms with Crippen molar-refractivity contribution in [3.8, 4) is 17.0 Å². The van der Waals surface area contributed by atoms with Crippen LogP contribution >= 0.6 is 0 Å². The molecule has 1 aromatic heterocycles. The number of rotatable bonds is 9. The molecule has 0 spiro atoms. The Balaban J connectivity index is 1.67. The van der Waals surface area contributed by atoms with E-state index in [2.05, 4.69) is 27.6 Å². The van der Waals surface area contributed by atoms with E-state index in [0.717, 1.165) is 18.4 Å². The van der Waals surface area contributed by atoms with Crippen molar-refractivity contribution in [2.75, 3.05) is 6.61 Å². The Kier molecular flexibility index (Phi) is 6.88. The van der Waals surface area contributed by atoms with Gasteiger partial charge < -0.3 is 4.74 Å². The maximum absolute atomic E-state index is 12.3. The molecule has 0 fully saturated rings. The van der Waals surface area contributed by atoms with Crippen molar-refractivity contribution in [1.29, 1.82) is 0 Å². The van der Waals surface area contributed by atoms with Gasteiger partial charge in [-0.2, -0.15) is 10.2 Å². The van der Waals surface area contributed by atoms with Crippen molar-refractivity contribution in [3.63, 3.8) is 0 Å². The number of aromatic amines is 1. The summed E-state index contributed by atoms with van der Waals surface area (Å²) < 4.78 is 5.82. The van der Waals surface area contributed by atoms with E-state index >= 15 is 0 Å². The first-order valence-electron chi connectivity index (χ1n) is 9.44. The van der Waals surface area contributed by atoms with Crippen LogP contribution in [0.3, 0.4) is 0 Å². The number of nitrogens with one attached hydrogen (secondary N) is 2. The largest absolute Gasteiger partial charge is 0.493 e. The minimum absolute atomic E-state index is 0.0525. The standard InChI is InChI=1S/C21H21N5O4/c1-2-3-11-30-20-10-5-4-9-17(20)18-13-19(24-23-18)21(27)25-22-14-15-7-6-8-16(12-15)26(28)29/h4-10,12-14H,2-3,11H2,1H3,(H,23,24)(H,25,27)/b22-14+. The van der Waals surface area contributed by atoms with Gasteiger partial charge in [0.25, 0.3) is 11.6 Å². The van der Waals surface area contributed by atoms with Gasteiger partial charge in [-0.05, 0) is 24.6 Å². The van der Waals surface area contributed by atoms with Crippen LogP contribution in [0.2, 0.25) is 0 Å². The number of non-ortho nitro benzene ring substituents is 1. The molecule has 0 saturated carbocycles. The first-order valence-corrected chi connectivity index (χ1v) is 9.44. The van der Waals surface area contributed by atoms with Gasteiger partial charge in [0, 0.05) is 23.3 Å². The minimum Gasteiger partial charge on any atom is -0.493 e. The predicted octanol–water partition coefficient (Wildman–Crippen LogP) is 3.93. The number of hydrazone groups is 1. The van der Waals surface area contributed by atoms with Gasteiger partial charge in [0.05, 0.1) is 23.4 Å². The number of nitro groups is 1. The number of hydrogen-bond acceptors (Lipinski definition) is 6. The number of nitrogens with zero attached hydrogens (tertiary/aromatic N) is 3. The van der Waals surface area contributed by atoms with Crippen molar-refractivity contribution >= 4 is 17.8 Å². The summed E-state index contributed by atoms with van der Waals surface area (Å²) >= 11 is 0. The summed E-state index contributed by atoms with van der Waals surface area (Å²) in [6.07, 6.45) is 3.32. The number of carbonyl (C=O) groups is 1.